The highest BCUT2D eigenvalue weighted by molar-refractivity contribution is 5.79. The molecule has 170 valence electrons. The maximum Gasteiger partial charge on any atom is 0.133 e. The van der Waals surface area contributed by atoms with Gasteiger partial charge in [0.1, 0.15) is 5.78 Å². The summed E-state index contributed by atoms with van der Waals surface area (Å²) in [6, 6.07) is 0. The van der Waals surface area contributed by atoms with E-state index < -0.39 is 0 Å². The van der Waals surface area contributed by atoms with E-state index in [2.05, 4.69) is 47.6 Å². The van der Waals surface area contributed by atoms with Crippen LogP contribution in [-0.2, 0) is 4.79 Å². The molecular weight excluding hydrogens is 364 g/mol. The van der Waals surface area contributed by atoms with Crippen molar-refractivity contribution in [2.24, 2.45) is 52.3 Å². The van der Waals surface area contributed by atoms with Crippen molar-refractivity contribution < 1.29 is 4.79 Å². The maximum absolute atomic E-state index is 12.1. The van der Waals surface area contributed by atoms with E-state index in [1.807, 2.05) is 5.57 Å². The second-order valence-electron chi connectivity index (χ2n) is 12.7. The van der Waals surface area contributed by atoms with Gasteiger partial charge in [-0.15, -0.1) is 0 Å². The van der Waals surface area contributed by atoms with Crippen LogP contribution in [0.3, 0.4) is 0 Å². The highest BCUT2D eigenvalue weighted by atomic mass is 16.1. The van der Waals surface area contributed by atoms with Crippen LogP contribution in [-0.4, -0.2) is 5.78 Å². The van der Waals surface area contributed by atoms with E-state index in [0.29, 0.717) is 22.5 Å². The van der Waals surface area contributed by atoms with E-state index in [0.717, 1.165) is 54.8 Å². The monoisotopic (exact) mass is 412 g/mol. The topological polar surface area (TPSA) is 17.1 Å². The van der Waals surface area contributed by atoms with E-state index in [9.17, 15) is 4.79 Å². The fourth-order valence-electron chi connectivity index (χ4n) is 8.97. The number of rotatable bonds is 6. The zero-order valence-electron chi connectivity index (χ0n) is 20.8. The van der Waals surface area contributed by atoms with Crippen molar-refractivity contribution >= 4 is 5.78 Å². The van der Waals surface area contributed by atoms with Crippen molar-refractivity contribution in [3.63, 3.8) is 0 Å². The lowest BCUT2D eigenvalue weighted by atomic mass is 9.47. The van der Waals surface area contributed by atoms with Crippen LogP contribution in [0.1, 0.15) is 112 Å². The first kappa shape index (κ1) is 22.6. The number of carbonyl (C=O) groups is 1. The molecule has 0 saturated heterocycles. The zero-order chi connectivity index (χ0) is 21.7. The van der Waals surface area contributed by atoms with Gasteiger partial charge in [0, 0.05) is 12.8 Å². The standard InChI is InChI=1S/C29H48O/c1-7-21(19(2)3)9-8-20(4)25-12-13-26-24-11-10-22-18-23(30)14-16-28(22,5)27(24)15-17-29(25,26)6/h11,19-22,25-27H,7-10,12-18H2,1-6H3/t20-,21+,22?,25-,26+,27+,28+,29-/m1/s1. The third-order valence-electron chi connectivity index (χ3n) is 11.1. The van der Waals surface area contributed by atoms with E-state index in [1.165, 1.54) is 51.4 Å². The molecule has 3 saturated carbocycles. The van der Waals surface area contributed by atoms with Crippen LogP contribution >= 0.6 is 0 Å². The number of hydrogen-bond acceptors (Lipinski definition) is 1. The van der Waals surface area contributed by atoms with Crippen molar-refractivity contribution in [1.29, 1.82) is 0 Å². The van der Waals surface area contributed by atoms with Gasteiger partial charge in [-0.1, -0.05) is 66.0 Å². The van der Waals surface area contributed by atoms with Gasteiger partial charge in [0.15, 0.2) is 0 Å². The highest BCUT2D eigenvalue weighted by Crippen LogP contribution is 2.66. The molecular formula is C29H48O. The number of hydrogen-bond donors (Lipinski definition) is 0. The molecule has 8 atom stereocenters. The molecule has 1 nitrogen and oxygen atoms in total. The first-order valence-corrected chi connectivity index (χ1v) is 13.4. The Balaban J connectivity index is 1.49. The number of allylic oxidation sites excluding steroid dienone is 2. The predicted octanol–water partition coefficient (Wildman–Crippen LogP) is 8.23. The molecule has 4 aliphatic rings. The molecule has 0 amide bonds. The van der Waals surface area contributed by atoms with Crippen LogP contribution in [0.5, 0.6) is 0 Å². The van der Waals surface area contributed by atoms with E-state index in [-0.39, 0.29) is 0 Å². The van der Waals surface area contributed by atoms with Crippen molar-refractivity contribution in [3.8, 4) is 0 Å². The molecule has 0 aromatic heterocycles. The van der Waals surface area contributed by atoms with Crippen LogP contribution in [0.2, 0.25) is 0 Å². The average molecular weight is 413 g/mol. The molecule has 0 radical (unpaired) electrons. The molecule has 4 rings (SSSR count). The van der Waals surface area contributed by atoms with Gasteiger partial charge in [0.25, 0.3) is 0 Å². The largest absolute Gasteiger partial charge is 0.300 e. The molecule has 30 heavy (non-hydrogen) atoms. The van der Waals surface area contributed by atoms with Crippen LogP contribution < -0.4 is 0 Å². The summed E-state index contributed by atoms with van der Waals surface area (Å²) in [6.45, 7) is 15.0. The Hall–Kier alpha value is -0.590. The average Bonchev–Trinajstić information content (AvgIpc) is 3.06. The normalized spacial score (nSPS) is 42.9. The van der Waals surface area contributed by atoms with Crippen molar-refractivity contribution in [2.75, 3.05) is 0 Å². The van der Waals surface area contributed by atoms with E-state index in [4.69, 9.17) is 0 Å². The second kappa shape index (κ2) is 8.40. The van der Waals surface area contributed by atoms with Gasteiger partial charge >= 0.3 is 0 Å². The number of ketones is 1. The number of carbonyl (C=O) groups excluding carboxylic acids is 1. The molecule has 0 spiro atoms. The summed E-state index contributed by atoms with van der Waals surface area (Å²) in [5, 5.41) is 0. The van der Waals surface area contributed by atoms with Crippen molar-refractivity contribution in [3.05, 3.63) is 11.6 Å². The molecule has 0 aromatic carbocycles. The Bertz CT molecular complexity index is 674. The maximum atomic E-state index is 12.1. The Morgan fingerprint density at radius 2 is 1.73 bits per heavy atom. The minimum Gasteiger partial charge on any atom is -0.300 e. The Morgan fingerprint density at radius 3 is 2.43 bits per heavy atom. The lowest BCUT2D eigenvalue weighted by molar-refractivity contribution is -0.127. The quantitative estimate of drug-likeness (QED) is 0.401. The molecule has 0 heterocycles. The van der Waals surface area contributed by atoms with Crippen LogP contribution in [0.25, 0.3) is 0 Å². The van der Waals surface area contributed by atoms with Crippen LogP contribution in [0, 0.1) is 52.3 Å². The first-order valence-electron chi connectivity index (χ1n) is 13.4. The van der Waals surface area contributed by atoms with Crippen molar-refractivity contribution in [1.82, 2.24) is 0 Å². The Morgan fingerprint density at radius 1 is 1.00 bits per heavy atom. The molecule has 4 aliphatic carbocycles. The van der Waals surface area contributed by atoms with Gasteiger partial charge in [0.05, 0.1) is 0 Å². The predicted molar refractivity (Wildman–Crippen MR) is 127 cm³/mol. The van der Waals surface area contributed by atoms with Gasteiger partial charge in [-0.3, -0.25) is 4.79 Å². The van der Waals surface area contributed by atoms with Gasteiger partial charge in [-0.25, -0.2) is 0 Å². The summed E-state index contributed by atoms with van der Waals surface area (Å²) in [7, 11) is 0. The third-order valence-corrected chi connectivity index (χ3v) is 11.1. The number of Topliss-reactive ketones (excluding diaryl/α,β-unsaturated/α-hetero) is 1. The van der Waals surface area contributed by atoms with E-state index >= 15 is 0 Å². The molecule has 0 aliphatic heterocycles. The van der Waals surface area contributed by atoms with Gasteiger partial charge in [-0.2, -0.15) is 0 Å². The smallest absolute Gasteiger partial charge is 0.133 e. The molecule has 0 bridgehead atoms. The van der Waals surface area contributed by atoms with E-state index in [1.54, 1.807) is 0 Å². The van der Waals surface area contributed by atoms with Gasteiger partial charge < -0.3 is 0 Å². The van der Waals surface area contributed by atoms with Gasteiger partial charge in [-0.05, 0) is 97.2 Å². The molecule has 0 N–H and O–H groups in total. The molecule has 3 fully saturated rings. The fourth-order valence-corrected chi connectivity index (χ4v) is 8.97. The zero-order valence-corrected chi connectivity index (χ0v) is 20.8. The third kappa shape index (κ3) is 3.65. The summed E-state index contributed by atoms with van der Waals surface area (Å²) in [6.07, 6.45) is 16.5. The van der Waals surface area contributed by atoms with Crippen LogP contribution in [0.15, 0.2) is 11.6 Å². The Kier molecular flexibility index (Phi) is 6.33. The highest BCUT2D eigenvalue weighted by Gasteiger charge is 2.58. The summed E-state index contributed by atoms with van der Waals surface area (Å²) < 4.78 is 0. The molecule has 1 unspecified atom stereocenters. The summed E-state index contributed by atoms with van der Waals surface area (Å²) in [4.78, 5) is 12.1. The first-order chi connectivity index (χ1) is 14.2. The fraction of sp³-hybridized carbons (Fsp3) is 0.897. The van der Waals surface area contributed by atoms with Crippen LogP contribution in [0.4, 0.5) is 0 Å². The lowest BCUT2D eigenvalue weighted by Gasteiger charge is -2.57. The molecule has 0 aromatic rings. The second-order valence-corrected chi connectivity index (χ2v) is 12.7. The SMILES string of the molecule is CC[C@@H](CC[C@@H](C)[C@H]1CC[C@H]2C3=CCC4CC(=O)CC[C@]4(C)[C@H]3CC[C@]12C)C(C)C. The lowest BCUT2D eigenvalue weighted by Crippen LogP contribution is -2.49. The number of fused-ring (bicyclic) bond motifs is 5. The van der Waals surface area contributed by atoms with Crippen molar-refractivity contribution in [2.45, 2.75) is 112 Å². The summed E-state index contributed by atoms with van der Waals surface area (Å²) >= 11 is 0. The summed E-state index contributed by atoms with van der Waals surface area (Å²) in [5.41, 5.74) is 2.77. The molecule has 1 heteroatoms. The summed E-state index contributed by atoms with van der Waals surface area (Å²) in [5.74, 6) is 6.24. The minimum atomic E-state index is 0.397. The Labute approximate surface area is 186 Å². The van der Waals surface area contributed by atoms with Gasteiger partial charge in [0.2, 0.25) is 0 Å². The minimum absolute atomic E-state index is 0.397.